The van der Waals surface area contributed by atoms with Gasteiger partial charge >= 0.3 is 12.4 Å². The summed E-state index contributed by atoms with van der Waals surface area (Å²) in [5, 5.41) is 1.71. The van der Waals surface area contributed by atoms with Crippen LogP contribution in [-0.2, 0) is 11.0 Å². The topological polar surface area (TPSA) is 58.6 Å². The highest BCUT2D eigenvalue weighted by Gasteiger charge is 2.33. The van der Waals surface area contributed by atoms with Crippen LogP contribution in [-0.4, -0.2) is 43.1 Å². The number of nitrogens with one attached hydrogen (secondary N) is 1. The lowest BCUT2D eigenvalue weighted by Gasteiger charge is -2.18. The number of anilines is 1. The Kier molecular flexibility index (Phi) is 7.42. The first kappa shape index (κ1) is 24.3. The fraction of sp³-hybridized carbons (Fsp3) is 0.263. The summed E-state index contributed by atoms with van der Waals surface area (Å²) in [5.74, 6) is -1.50. The molecule has 0 spiro atoms. The first-order valence-electron chi connectivity index (χ1n) is 8.48. The van der Waals surface area contributed by atoms with E-state index in [0.29, 0.717) is 6.07 Å². The van der Waals surface area contributed by atoms with E-state index in [1.807, 2.05) is 0 Å². The Morgan fingerprint density at radius 2 is 1.65 bits per heavy atom. The van der Waals surface area contributed by atoms with Crippen LogP contribution in [0.15, 0.2) is 42.5 Å². The van der Waals surface area contributed by atoms with Gasteiger partial charge in [0, 0.05) is 18.3 Å². The predicted molar refractivity (Wildman–Crippen MR) is 100 cm³/mol. The van der Waals surface area contributed by atoms with Crippen LogP contribution in [0.3, 0.4) is 0 Å². The molecule has 2 rings (SSSR count). The minimum absolute atomic E-state index is 0.0699. The zero-order valence-electron chi connectivity index (χ0n) is 15.8. The molecule has 0 saturated carbocycles. The Balaban J connectivity index is 1.97. The second-order valence-electron chi connectivity index (χ2n) is 6.33. The largest absolute Gasteiger partial charge is 0.484 e. The van der Waals surface area contributed by atoms with Crippen molar-refractivity contribution in [2.75, 3.05) is 25.5 Å². The molecule has 0 aliphatic carbocycles. The summed E-state index contributed by atoms with van der Waals surface area (Å²) in [6.07, 6.45) is -9.21. The molecular weight excluding hydrogens is 454 g/mol. The van der Waals surface area contributed by atoms with E-state index in [1.54, 1.807) is 0 Å². The number of nitrogens with zero attached hydrogens (tertiary/aromatic N) is 1. The third-order valence-corrected chi connectivity index (χ3v) is 4.12. The van der Waals surface area contributed by atoms with E-state index in [-0.39, 0.29) is 17.0 Å². The minimum atomic E-state index is -4.71. The molecule has 168 valence electrons. The number of rotatable bonds is 6. The molecule has 31 heavy (non-hydrogen) atoms. The van der Waals surface area contributed by atoms with E-state index in [1.165, 1.54) is 37.4 Å². The Labute approximate surface area is 177 Å². The van der Waals surface area contributed by atoms with Crippen molar-refractivity contribution in [1.29, 1.82) is 0 Å². The molecule has 12 heteroatoms. The van der Waals surface area contributed by atoms with E-state index in [0.717, 1.165) is 11.0 Å². The van der Waals surface area contributed by atoms with Crippen LogP contribution in [0.5, 0.6) is 5.75 Å². The summed E-state index contributed by atoms with van der Waals surface area (Å²) in [4.78, 5) is 25.4. The lowest BCUT2D eigenvalue weighted by molar-refractivity contribution is -0.153. The van der Waals surface area contributed by atoms with E-state index in [2.05, 4.69) is 10.1 Å². The number of ether oxygens (including phenoxy) is 1. The average Bonchev–Trinajstić information content (AvgIpc) is 2.66. The van der Waals surface area contributed by atoms with Crippen LogP contribution in [0, 0.1) is 0 Å². The quantitative estimate of drug-likeness (QED) is 0.606. The fourth-order valence-corrected chi connectivity index (χ4v) is 2.61. The monoisotopic (exact) mass is 468 g/mol. The van der Waals surface area contributed by atoms with Gasteiger partial charge < -0.3 is 15.0 Å². The summed E-state index contributed by atoms with van der Waals surface area (Å²) >= 11 is 5.51. The van der Waals surface area contributed by atoms with Gasteiger partial charge in [-0.1, -0.05) is 11.6 Å². The van der Waals surface area contributed by atoms with Gasteiger partial charge in [0.05, 0.1) is 17.1 Å². The second kappa shape index (κ2) is 9.46. The van der Waals surface area contributed by atoms with Crippen molar-refractivity contribution < 1.29 is 40.7 Å². The molecule has 0 atom stereocenters. The Morgan fingerprint density at radius 1 is 1.03 bits per heavy atom. The summed E-state index contributed by atoms with van der Waals surface area (Å²) in [5.41, 5.74) is -1.21. The minimum Gasteiger partial charge on any atom is -0.484 e. The molecule has 0 fully saturated rings. The summed E-state index contributed by atoms with van der Waals surface area (Å²) in [6, 6.07) is 7.60. The van der Waals surface area contributed by atoms with Gasteiger partial charge in [0.1, 0.15) is 5.75 Å². The standard InChI is InChI=1S/C19H15ClF6N2O3/c1-28(17(30)11-2-5-13(6-3-11)31-10-18(21,22)23)9-16(29)27-12-4-7-15(20)14(8-12)19(24,25)26/h2-8H,9-10H2,1H3,(H,27,29). The van der Waals surface area contributed by atoms with Gasteiger partial charge in [-0.3, -0.25) is 9.59 Å². The van der Waals surface area contributed by atoms with Gasteiger partial charge in [-0.15, -0.1) is 0 Å². The van der Waals surface area contributed by atoms with Gasteiger partial charge in [0.15, 0.2) is 6.61 Å². The highest BCUT2D eigenvalue weighted by atomic mass is 35.5. The number of carbonyl (C=O) groups excluding carboxylic acids is 2. The molecule has 0 bridgehead atoms. The molecule has 2 aromatic carbocycles. The lowest BCUT2D eigenvalue weighted by atomic mass is 10.2. The number of carbonyl (C=O) groups is 2. The number of benzene rings is 2. The SMILES string of the molecule is CN(CC(=O)Nc1ccc(Cl)c(C(F)(F)F)c1)C(=O)c1ccc(OCC(F)(F)F)cc1. The number of halogens is 7. The van der Waals surface area contributed by atoms with Crippen molar-refractivity contribution in [3.63, 3.8) is 0 Å². The zero-order chi connectivity index (χ0) is 23.4. The molecule has 0 aromatic heterocycles. The molecule has 0 aliphatic heterocycles. The summed E-state index contributed by atoms with van der Waals surface area (Å²) < 4.78 is 79.6. The Hall–Kier alpha value is -2.95. The van der Waals surface area contributed by atoms with Gasteiger partial charge in [-0.05, 0) is 42.5 Å². The molecule has 2 amide bonds. The van der Waals surface area contributed by atoms with Gasteiger partial charge in [-0.2, -0.15) is 26.3 Å². The van der Waals surface area contributed by atoms with Gasteiger partial charge in [0.2, 0.25) is 5.91 Å². The number of likely N-dealkylation sites (N-methyl/N-ethyl adjacent to an activating group) is 1. The van der Waals surface area contributed by atoms with E-state index < -0.39 is 47.9 Å². The van der Waals surface area contributed by atoms with E-state index in [9.17, 15) is 35.9 Å². The van der Waals surface area contributed by atoms with Crippen molar-refractivity contribution >= 4 is 29.1 Å². The lowest BCUT2D eigenvalue weighted by Crippen LogP contribution is -2.35. The maximum absolute atomic E-state index is 12.9. The van der Waals surface area contributed by atoms with Gasteiger partial charge in [0.25, 0.3) is 5.91 Å². The smallest absolute Gasteiger partial charge is 0.422 e. The maximum Gasteiger partial charge on any atom is 0.422 e. The first-order chi connectivity index (χ1) is 14.3. The highest BCUT2D eigenvalue weighted by molar-refractivity contribution is 6.31. The summed E-state index contributed by atoms with van der Waals surface area (Å²) in [7, 11) is 1.28. The number of alkyl halides is 6. The van der Waals surface area contributed by atoms with Crippen LogP contribution >= 0.6 is 11.6 Å². The molecule has 2 aromatic rings. The fourth-order valence-electron chi connectivity index (χ4n) is 2.39. The highest BCUT2D eigenvalue weighted by Crippen LogP contribution is 2.36. The maximum atomic E-state index is 12.9. The van der Waals surface area contributed by atoms with E-state index >= 15 is 0 Å². The Morgan fingerprint density at radius 3 is 2.19 bits per heavy atom. The summed E-state index contributed by atoms with van der Waals surface area (Å²) in [6.45, 7) is -1.98. The number of hydrogen-bond donors (Lipinski definition) is 1. The van der Waals surface area contributed by atoms with Crippen LogP contribution in [0.2, 0.25) is 5.02 Å². The number of hydrogen-bond acceptors (Lipinski definition) is 3. The molecule has 0 aliphatic rings. The van der Waals surface area contributed by atoms with Crippen molar-refractivity contribution in [2.45, 2.75) is 12.4 Å². The second-order valence-corrected chi connectivity index (χ2v) is 6.74. The van der Waals surface area contributed by atoms with E-state index in [4.69, 9.17) is 11.6 Å². The van der Waals surface area contributed by atoms with Crippen LogP contribution in [0.25, 0.3) is 0 Å². The van der Waals surface area contributed by atoms with Crippen LogP contribution in [0.1, 0.15) is 15.9 Å². The van der Waals surface area contributed by atoms with Crippen molar-refractivity contribution in [3.8, 4) is 5.75 Å². The predicted octanol–water partition coefficient (Wildman–Crippen LogP) is 5.01. The average molecular weight is 469 g/mol. The third kappa shape index (κ3) is 7.35. The molecule has 0 radical (unpaired) electrons. The van der Waals surface area contributed by atoms with Crippen molar-refractivity contribution in [3.05, 3.63) is 58.6 Å². The zero-order valence-corrected chi connectivity index (χ0v) is 16.5. The molecule has 5 nitrogen and oxygen atoms in total. The molecule has 0 saturated heterocycles. The third-order valence-electron chi connectivity index (χ3n) is 3.79. The molecular formula is C19H15ClF6N2O3. The van der Waals surface area contributed by atoms with Crippen molar-refractivity contribution in [1.82, 2.24) is 4.90 Å². The first-order valence-corrected chi connectivity index (χ1v) is 8.86. The van der Waals surface area contributed by atoms with Gasteiger partial charge in [-0.25, -0.2) is 0 Å². The number of amides is 2. The molecule has 0 heterocycles. The van der Waals surface area contributed by atoms with Crippen LogP contribution in [0.4, 0.5) is 32.0 Å². The normalized spacial score (nSPS) is 11.7. The Bertz CT molecular complexity index is 945. The van der Waals surface area contributed by atoms with Crippen molar-refractivity contribution in [2.24, 2.45) is 0 Å². The molecule has 1 N–H and O–H groups in total. The molecule has 0 unspecified atom stereocenters. The van der Waals surface area contributed by atoms with Crippen LogP contribution < -0.4 is 10.1 Å².